The van der Waals surface area contributed by atoms with Crippen molar-refractivity contribution in [3.8, 4) is 17.2 Å². The van der Waals surface area contributed by atoms with Crippen LogP contribution in [0.25, 0.3) is 11.0 Å². The van der Waals surface area contributed by atoms with Crippen LogP contribution in [-0.4, -0.2) is 18.7 Å². The van der Waals surface area contributed by atoms with Gasteiger partial charge in [0, 0.05) is 6.07 Å². The standard InChI is InChI=1S/C24H26O6/c1-15(2)10-11-27-24(26)17(4)29-19-8-9-20-21(13-19)28-14-22(23(20)25)30-18-7-5-6-16(3)12-18/h5-9,12-15,17H,10-11H2,1-4H3. The van der Waals surface area contributed by atoms with Crippen LogP contribution in [-0.2, 0) is 9.53 Å². The Bertz CT molecular complexity index is 1080. The molecule has 0 radical (unpaired) electrons. The molecule has 0 aliphatic carbocycles. The van der Waals surface area contributed by atoms with Gasteiger partial charge < -0.3 is 18.6 Å². The van der Waals surface area contributed by atoms with E-state index in [0.717, 1.165) is 12.0 Å². The van der Waals surface area contributed by atoms with Gasteiger partial charge >= 0.3 is 5.97 Å². The number of fused-ring (bicyclic) bond motifs is 1. The van der Waals surface area contributed by atoms with Crippen molar-refractivity contribution in [1.82, 2.24) is 0 Å². The first-order chi connectivity index (χ1) is 14.3. The summed E-state index contributed by atoms with van der Waals surface area (Å²) in [5.41, 5.74) is 1.08. The Morgan fingerprint density at radius 1 is 1.07 bits per heavy atom. The highest BCUT2D eigenvalue weighted by atomic mass is 16.6. The van der Waals surface area contributed by atoms with Gasteiger partial charge in [0.15, 0.2) is 6.10 Å². The van der Waals surface area contributed by atoms with Crippen molar-refractivity contribution in [3.05, 3.63) is 64.5 Å². The Labute approximate surface area is 175 Å². The summed E-state index contributed by atoms with van der Waals surface area (Å²) < 4.78 is 22.1. The lowest BCUT2D eigenvalue weighted by molar-refractivity contribution is -0.151. The van der Waals surface area contributed by atoms with Crippen LogP contribution in [0.2, 0.25) is 0 Å². The van der Waals surface area contributed by atoms with Crippen LogP contribution in [0, 0.1) is 12.8 Å². The molecule has 0 bridgehead atoms. The predicted octanol–water partition coefficient (Wildman–Crippen LogP) is 5.25. The lowest BCUT2D eigenvalue weighted by atomic mass is 10.1. The van der Waals surface area contributed by atoms with Crippen LogP contribution in [0.3, 0.4) is 0 Å². The molecular weight excluding hydrogens is 384 g/mol. The zero-order chi connectivity index (χ0) is 21.7. The second-order valence-electron chi connectivity index (χ2n) is 7.62. The molecule has 0 fully saturated rings. The molecule has 1 atom stereocenters. The Morgan fingerprint density at radius 2 is 1.87 bits per heavy atom. The molecule has 0 aliphatic heterocycles. The summed E-state index contributed by atoms with van der Waals surface area (Å²) in [6, 6.07) is 12.2. The number of esters is 1. The highest BCUT2D eigenvalue weighted by Crippen LogP contribution is 2.25. The summed E-state index contributed by atoms with van der Waals surface area (Å²) in [6.07, 6.45) is 1.30. The summed E-state index contributed by atoms with van der Waals surface area (Å²) in [6.45, 7) is 8.05. The first-order valence-electron chi connectivity index (χ1n) is 9.97. The smallest absolute Gasteiger partial charge is 0.347 e. The maximum atomic E-state index is 12.7. The SMILES string of the molecule is Cc1cccc(Oc2coc3cc(OC(C)C(=O)OCCC(C)C)ccc3c2=O)c1. The van der Waals surface area contributed by atoms with Crippen molar-refractivity contribution >= 4 is 16.9 Å². The largest absolute Gasteiger partial charge is 0.479 e. The summed E-state index contributed by atoms with van der Waals surface area (Å²) in [7, 11) is 0. The maximum absolute atomic E-state index is 12.7. The third-order valence-electron chi connectivity index (χ3n) is 4.52. The average Bonchev–Trinajstić information content (AvgIpc) is 2.70. The molecule has 0 saturated carbocycles. The van der Waals surface area contributed by atoms with Gasteiger partial charge in [-0.2, -0.15) is 0 Å². The van der Waals surface area contributed by atoms with Crippen LogP contribution in [0.15, 0.2) is 57.9 Å². The van der Waals surface area contributed by atoms with Gasteiger partial charge in [-0.15, -0.1) is 0 Å². The van der Waals surface area contributed by atoms with E-state index < -0.39 is 12.1 Å². The van der Waals surface area contributed by atoms with Gasteiger partial charge in [-0.05, 0) is 56.0 Å². The molecule has 0 spiro atoms. The Morgan fingerprint density at radius 3 is 2.60 bits per heavy atom. The first-order valence-corrected chi connectivity index (χ1v) is 9.97. The number of rotatable bonds is 8. The van der Waals surface area contributed by atoms with Crippen LogP contribution >= 0.6 is 0 Å². The molecule has 1 heterocycles. The van der Waals surface area contributed by atoms with Crippen molar-refractivity contribution in [2.24, 2.45) is 5.92 Å². The molecule has 6 nitrogen and oxygen atoms in total. The molecule has 3 rings (SSSR count). The van der Waals surface area contributed by atoms with Crippen molar-refractivity contribution < 1.29 is 23.4 Å². The summed E-state index contributed by atoms with van der Waals surface area (Å²) >= 11 is 0. The number of ether oxygens (including phenoxy) is 3. The van der Waals surface area contributed by atoms with Gasteiger partial charge in [-0.25, -0.2) is 4.79 Å². The van der Waals surface area contributed by atoms with Crippen molar-refractivity contribution in [2.75, 3.05) is 6.61 Å². The zero-order valence-corrected chi connectivity index (χ0v) is 17.6. The number of hydrogen-bond acceptors (Lipinski definition) is 6. The van der Waals surface area contributed by atoms with Crippen molar-refractivity contribution in [1.29, 1.82) is 0 Å². The Kier molecular flexibility index (Phi) is 6.77. The van der Waals surface area contributed by atoms with Gasteiger partial charge in [0.2, 0.25) is 11.2 Å². The minimum atomic E-state index is -0.773. The summed E-state index contributed by atoms with van der Waals surface area (Å²) in [5.74, 6) is 1.10. The van der Waals surface area contributed by atoms with E-state index in [1.54, 1.807) is 31.2 Å². The van der Waals surface area contributed by atoms with Crippen LogP contribution < -0.4 is 14.9 Å². The molecule has 1 aromatic heterocycles. The molecule has 3 aromatic rings. The van der Waals surface area contributed by atoms with Gasteiger partial charge in [0.05, 0.1) is 12.0 Å². The second kappa shape index (κ2) is 9.48. The van der Waals surface area contributed by atoms with Crippen LogP contribution in [0.4, 0.5) is 0 Å². The molecule has 0 amide bonds. The molecule has 6 heteroatoms. The third-order valence-corrected chi connectivity index (χ3v) is 4.52. The first kappa shape index (κ1) is 21.4. The van der Waals surface area contributed by atoms with Crippen LogP contribution in [0.1, 0.15) is 32.8 Å². The maximum Gasteiger partial charge on any atom is 0.347 e. The van der Waals surface area contributed by atoms with E-state index in [9.17, 15) is 9.59 Å². The Balaban J connectivity index is 1.72. The molecule has 158 valence electrons. The average molecular weight is 410 g/mol. The van der Waals surface area contributed by atoms with Crippen molar-refractivity contribution in [2.45, 2.75) is 40.2 Å². The third kappa shape index (κ3) is 5.41. The van der Waals surface area contributed by atoms with E-state index >= 15 is 0 Å². The van der Waals surface area contributed by atoms with E-state index in [1.807, 2.05) is 25.1 Å². The number of benzene rings is 2. The summed E-state index contributed by atoms with van der Waals surface area (Å²) in [4.78, 5) is 24.8. The molecule has 1 unspecified atom stereocenters. The monoisotopic (exact) mass is 410 g/mol. The van der Waals surface area contributed by atoms with E-state index in [4.69, 9.17) is 18.6 Å². The summed E-state index contributed by atoms with van der Waals surface area (Å²) in [5, 5.41) is 0.361. The number of hydrogen-bond donors (Lipinski definition) is 0. The zero-order valence-electron chi connectivity index (χ0n) is 17.6. The number of carbonyl (C=O) groups excluding carboxylic acids is 1. The predicted molar refractivity (Wildman–Crippen MR) is 114 cm³/mol. The van der Waals surface area contributed by atoms with E-state index in [1.165, 1.54) is 6.26 Å². The van der Waals surface area contributed by atoms with Gasteiger partial charge in [-0.1, -0.05) is 26.0 Å². The minimum Gasteiger partial charge on any atom is -0.479 e. The van der Waals surface area contributed by atoms with Gasteiger partial charge in [-0.3, -0.25) is 4.79 Å². The normalized spacial score (nSPS) is 12.0. The highest BCUT2D eigenvalue weighted by molar-refractivity contribution is 5.79. The topological polar surface area (TPSA) is 75.0 Å². The van der Waals surface area contributed by atoms with E-state index in [-0.39, 0.29) is 11.2 Å². The van der Waals surface area contributed by atoms with Gasteiger partial charge in [0.25, 0.3) is 0 Å². The van der Waals surface area contributed by atoms with E-state index in [0.29, 0.717) is 35.0 Å². The van der Waals surface area contributed by atoms with Gasteiger partial charge in [0.1, 0.15) is 23.3 Å². The molecule has 0 saturated heterocycles. The van der Waals surface area contributed by atoms with Crippen molar-refractivity contribution in [3.63, 3.8) is 0 Å². The lowest BCUT2D eigenvalue weighted by Gasteiger charge is -2.15. The fourth-order valence-electron chi connectivity index (χ4n) is 2.81. The molecular formula is C24H26O6. The molecule has 30 heavy (non-hydrogen) atoms. The fraction of sp³-hybridized carbons (Fsp3) is 0.333. The lowest BCUT2D eigenvalue weighted by Crippen LogP contribution is -2.26. The number of carbonyl (C=O) groups is 1. The number of aryl methyl sites for hydroxylation is 1. The van der Waals surface area contributed by atoms with Crippen LogP contribution in [0.5, 0.6) is 17.2 Å². The second-order valence-corrected chi connectivity index (χ2v) is 7.62. The molecule has 2 aromatic carbocycles. The quantitative estimate of drug-likeness (QED) is 0.472. The Hall–Kier alpha value is -3.28. The fourth-order valence-corrected chi connectivity index (χ4v) is 2.81. The molecule has 0 aliphatic rings. The van der Waals surface area contributed by atoms with E-state index in [2.05, 4.69) is 13.8 Å². The molecule has 0 N–H and O–H groups in total. The minimum absolute atomic E-state index is 0.101. The highest BCUT2D eigenvalue weighted by Gasteiger charge is 2.17.